The van der Waals surface area contributed by atoms with Gasteiger partial charge < -0.3 is 20.6 Å². The Labute approximate surface area is 174 Å². The number of aromatic hydroxyl groups is 1. The molecule has 1 amide bonds. The van der Waals surface area contributed by atoms with Crippen molar-refractivity contribution in [3.05, 3.63) is 95.7 Å². The molecule has 0 aliphatic rings. The van der Waals surface area contributed by atoms with Crippen molar-refractivity contribution in [2.45, 2.75) is 25.4 Å². The molecule has 152 valence electrons. The molecule has 0 spiro atoms. The van der Waals surface area contributed by atoms with Gasteiger partial charge in [0, 0.05) is 0 Å². The van der Waals surface area contributed by atoms with Crippen molar-refractivity contribution in [3.63, 3.8) is 0 Å². The molecule has 30 heavy (non-hydrogen) atoms. The number of amides is 1. The van der Waals surface area contributed by atoms with Crippen molar-refractivity contribution in [1.82, 2.24) is 10.3 Å². The minimum absolute atomic E-state index is 0.193. The summed E-state index contributed by atoms with van der Waals surface area (Å²) in [5, 5.41) is 14.6. The average molecular weight is 401 g/mol. The van der Waals surface area contributed by atoms with E-state index in [1.165, 1.54) is 6.26 Å². The molecule has 6 nitrogen and oxygen atoms in total. The van der Waals surface area contributed by atoms with Gasteiger partial charge in [0.25, 0.3) is 5.91 Å². The lowest BCUT2D eigenvalue weighted by Crippen LogP contribution is -2.27. The van der Waals surface area contributed by atoms with Gasteiger partial charge in [0.2, 0.25) is 5.89 Å². The molecule has 6 heteroatoms. The summed E-state index contributed by atoms with van der Waals surface area (Å²) in [6.07, 6.45) is 1.81. The van der Waals surface area contributed by atoms with E-state index in [1.807, 2.05) is 49.4 Å². The van der Waals surface area contributed by atoms with Gasteiger partial charge in [-0.15, -0.1) is 0 Å². The Morgan fingerprint density at radius 1 is 1.10 bits per heavy atom. The standard InChI is InChI=1S/C24H23N3O3/c1-15(19-8-4-6-17-5-2-3-7-20(17)19)26-23(29)22-14-30-24(27-22)21(25)13-16-9-11-18(28)12-10-16/h2-12,14-15,21,28H,13,25H2,1H3,(H,26,29). The summed E-state index contributed by atoms with van der Waals surface area (Å²) in [4.78, 5) is 17.0. The number of phenols is 1. The Bertz CT molecular complexity index is 1160. The van der Waals surface area contributed by atoms with Crippen LogP contribution in [0.2, 0.25) is 0 Å². The quantitative estimate of drug-likeness (QED) is 0.448. The molecule has 2 atom stereocenters. The van der Waals surface area contributed by atoms with Crippen LogP contribution in [0.25, 0.3) is 10.8 Å². The molecule has 0 fully saturated rings. The predicted molar refractivity (Wildman–Crippen MR) is 115 cm³/mol. The number of benzene rings is 3. The zero-order valence-electron chi connectivity index (χ0n) is 16.6. The Hall–Kier alpha value is -3.64. The van der Waals surface area contributed by atoms with Crippen LogP contribution in [-0.2, 0) is 6.42 Å². The topological polar surface area (TPSA) is 101 Å². The van der Waals surface area contributed by atoms with Gasteiger partial charge in [-0.2, -0.15) is 0 Å². The Balaban J connectivity index is 1.45. The van der Waals surface area contributed by atoms with Gasteiger partial charge in [-0.05, 0) is 47.4 Å². The van der Waals surface area contributed by atoms with E-state index in [0.29, 0.717) is 12.3 Å². The molecule has 3 aromatic carbocycles. The van der Waals surface area contributed by atoms with Crippen LogP contribution >= 0.6 is 0 Å². The fraction of sp³-hybridized carbons (Fsp3) is 0.167. The number of aromatic nitrogens is 1. The first-order valence-electron chi connectivity index (χ1n) is 9.78. The summed E-state index contributed by atoms with van der Waals surface area (Å²) in [5.41, 5.74) is 8.35. The van der Waals surface area contributed by atoms with Crippen molar-refractivity contribution in [3.8, 4) is 5.75 Å². The van der Waals surface area contributed by atoms with Crippen LogP contribution in [0.4, 0.5) is 0 Å². The predicted octanol–water partition coefficient (Wildman–Crippen LogP) is 4.27. The maximum Gasteiger partial charge on any atom is 0.273 e. The first-order valence-corrected chi connectivity index (χ1v) is 9.78. The maximum atomic E-state index is 12.7. The number of carbonyl (C=O) groups is 1. The second-order valence-corrected chi connectivity index (χ2v) is 7.31. The van der Waals surface area contributed by atoms with Gasteiger partial charge in [0.05, 0.1) is 12.1 Å². The van der Waals surface area contributed by atoms with Crippen LogP contribution in [0, 0.1) is 0 Å². The highest BCUT2D eigenvalue weighted by Gasteiger charge is 2.20. The van der Waals surface area contributed by atoms with Gasteiger partial charge in [-0.25, -0.2) is 4.98 Å². The number of carbonyl (C=O) groups excluding carboxylic acids is 1. The molecule has 0 bridgehead atoms. The summed E-state index contributed by atoms with van der Waals surface area (Å²) < 4.78 is 5.45. The summed E-state index contributed by atoms with van der Waals surface area (Å²) >= 11 is 0. The second kappa shape index (κ2) is 8.39. The number of nitrogens with one attached hydrogen (secondary N) is 1. The Kier molecular flexibility index (Phi) is 5.50. The number of rotatable bonds is 6. The van der Waals surface area contributed by atoms with Gasteiger partial charge in [-0.3, -0.25) is 4.79 Å². The molecule has 4 N–H and O–H groups in total. The van der Waals surface area contributed by atoms with Crippen molar-refractivity contribution in [2.24, 2.45) is 5.73 Å². The monoisotopic (exact) mass is 401 g/mol. The van der Waals surface area contributed by atoms with Gasteiger partial charge in [-0.1, -0.05) is 54.6 Å². The lowest BCUT2D eigenvalue weighted by molar-refractivity contribution is 0.0935. The second-order valence-electron chi connectivity index (χ2n) is 7.31. The van der Waals surface area contributed by atoms with E-state index in [-0.39, 0.29) is 23.4 Å². The first kappa shape index (κ1) is 19.7. The van der Waals surface area contributed by atoms with E-state index in [4.69, 9.17) is 10.2 Å². The fourth-order valence-corrected chi connectivity index (χ4v) is 3.51. The molecule has 2 unspecified atom stereocenters. The zero-order chi connectivity index (χ0) is 21.1. The van der Waals surface area contributed by atoms with E-state index < -0.39 is 6.04 Å². The summed E-state index contributed by atoms with van der Waals surface area (Å²) in [6, 6.07) is 20.2. The van der Waals surface area contributed by atoms with Gasteiger partial charge in [0.15, 0.2) is 5.69 Å². The third-order valence-electron chi connectivity index (χ3n) is 5.10. The average Bonchev–Trinajstić information content (AvgIpc) is 3.25. The smallest absolute Gasteiger partial charge is 0.273 e. The SMILES string of the molecule is CC(NC(=O)c1coc(C(N)Cc2ccc(O)cc2)n1)c1cccc2ccccc12. The fourth-order valence-electron chi connectivity index (χ4n) is 3.51. The normalized spacial score (nSPS) is 13.1. The van der Waals surface area contributed by atoms with Crippen molar-refractivity contribution in [2.75, 3.05) is 0 Å². The minimum Gasteiger partial charge on any atom is -0.508 e. The number of nitrogens with zero attached hydrogens (tertiary/aromatic N) is 1. The summed E-state index contributed by atoms with van der Waals surface area (Å²) in [7, 11) is 0. The zero-order valence-corrected chi connectivity index (χ0v) is 16.6. The number of hydrogen-bond acceptors (Lipinski definition) is 5. The molecular weight excluding hydrogens is 378 g/mol. The maximum absolute atomic E-state index is 12.7. The van der Waals surface area contributed by atoms with Crippen LogP contribution in [-0.4, -0.2) is 16.0 Å². The Morgan fingerprint density at radius 2 is 1.83 bits per heavy atom. The molecule has 0 aliphatic heterocycles. The van der Waals surface area contributed by atoms with Crippen molar-refractivity contribution >= 4 is 16.7 Å². The minimum atomic E-state index is -0.494. The molecule has 1 heterocycles. The van der Waals surface area contributed by atoms with Crippen LogP contribution in [0.1, 0.15) is 46.5 Å². The van der Waals surface area contributed by atoms with Gasteiger partial charge in [0.1, 0.15) is 12.0 Å². The van der Waals surface area contributed by atoms with Crippen LogP contribution in [0.5, 0.6) is 5.75 Å². The molecule has 0 saturated heterocycles. The molecule has 4 rings (SSSR count). The highest BCUT2D eigenvalue weighted by molar-refractivity contribution is 5.93. The third-order valence-corrected chi connectivity index (χ3v) is 5.10. The van der Waals surface area contributed by atoms with Crippen molar-refractivity contribution in [1.29, 1.82) is 0 Å². The number of oxazole rings is 1. The highest BCUT2D eigenvalue weighted by atomic mass is 16.3. The molecule has 4 aromatic rings. The first-order chi connectivity index (χ1) is 14.5. The van der Waals surface area contributed by atoms with Gasteiger partial charge >= 0.3 is 0 Å². The van der Waals surface area contributed by atoms with E-state index >= 15 is 0 Å². The third kappa shape index (κ3) is 4.18. The number of phenolic OH excluding ortho intramolecular Hbond substituents is 1. The number of fused-ring (bicyclic) bond motifs is 1. The van der Waals surface area contributed by atoms with Crippen LogP contribution in [0.3, 0.4) is 0 Å². The summed E-state index contributed by atoms with van der Waals surface area (Å²) in [5.74, 6) is 0.177. The highest BCUT2D eigenvalue weighted by Crippen LogP contribution is 2.24. The largest absolute Gasteiger partial charge is 0.508 e. The van der Waals surface area contributed by atoms with E-state index in [9.17, 15) is 9.90 Å². The van der Waals surface area contributed by atoms with E-state index in [1.54, 1.807) is 24.3 Å². The summed E-state index contributed by atoms with van der Waals surface area (Å²) in [6.45, 7) is 1.94. The van der Waals surface area contributed by atoms with Crippen molar-refractivity contribution < 1.29 is 14.3 Å². The molecule has 0 aliphatic carbocycles. The van der Waals surface area contributed by atoms with Crippen LogP contribution in [0.15, 0.2) is 77.4 Å². The lowest BCUT2D eigenvalue weighted by Gasteiger charge is -2.16. The van der Waals surface area contributed by atoms with E-state index in [2.05, 4.69) is 10.3 Å². The lowest BCUT2D eigenvalue weighted by atomic mass is 9.99. The molecule has 0 radical (unpaired) electrons. The number of hydrogen-bond donors (Lipinski definition) is 3. The molecular formula is C24H23N3O3. The molecule has 1 aromatic heterocycles. The van der Waals surface area contributed by atoms with Crippen LogP contribution < -0.4 is 11.1 Å². The Morgan fingerprint density at radius 3 is 2.63 bits per heavy atom. The van der Waals surface area contributed by atoms with E-state index in [0.717, 1.165) is 21.9 Å². The molecule has 0 saturated carbocycles. The number of nitrogens with two attached hydrogens (primary N) is 1.